The van der Waals surface area contributed by atoms with Crippen LogP contribution >= 0.6 is 11.3 Å². The van der Waals surface area contributed by atoms with Crippen molar-refractivity contribution in [1.29, 1.82) is 0 Å². The molecule has 2 N–H and O–H groups in total. The van der Waals surface area contributed by atoms with Crippen molar-refractivity contribution in [1.82, 2.24) is 9.78 Å². The van der Waals surface area contributed by atoms with Crippen molar-refractivity contribution in [2.75, 3.05) is 0 Å². The van der Waals surface area contributed by atoms with Crippen molar-refractivity contribution >= 4 is 23.2 Å². The first kappa shape index (κ1) is 15.9. The van der Waals surface area contributed by atoms with E-state index >= 15 is 0 Å². The lowest BCUT2D eigenvalue weighted by molar-refractivity contribution is -0.125. The van der Waals surface area contributed by atoms with Crippen molar-refractivity contribution in [3.05, 3.63) is 59.6 Å². The molecule has 1 amide bonds. The van der Waals surface area contributed by atoms with Crippen molar-refractivity contribution in [3.8, 4) is 16.3 Å². The molecule has 0 unspecified atom stereocenters. The number of nitrogens with zero attached hydrogens (tertiary/aromatic N) is 2. The quantitative estimate of drug-likeness (QED) is 0.723. The fourth-order valence-corrected chi connectivity index (χ4v) is 2.80. The van der Waals surface area contributed by atoms with Crippen LogP contribution in [-0.2, 0) is 9.53 Å². The van der Waals surface area contributed by atoms with Gasteiger partial charge in [0.1, 0.15) is 5.69 Å². The fraction of sp³-hybridized carbons (Fsp3) is 0.118. The van der Waals surface area contributed by atoms with E-state index in [1.165, 1.54) is 22.9 Å². The molecule has 2 aromatic heterocycles. The van der Waals surface area contributed by atoms with Gasteiger partial charge in [-0.05, 0) is 30.5 Å². The Morgan fingerprint density at radius 3 is 2.58 bits per heavy atom. The van der Waals surface area contributed by atoms with Gasteiger partial charge in [-0.25, -0.2) is 9.48 Å². The normalized spacial score (nSPS) is 11.9. The summed E-state index contributed by atoms with van der Waals surface area (Å²) in [6, 6.07) is 14.7. The fourth-order valence-electron chi connectivity index (χ4n) is 2.12. The molecule has 0 radical (unpaired) electrons. The molecule has 0 aliphatic carbocycles. The van der Waals surface area contributed by atoms with Gasteiger partial charge in [0.05, 0.1) is 10.6 Å². The van der Waals surface area contributed by atoms with Crippen molar-refractivity contribution in [2.24, 2.45) is 5.73 Å². The summed E-state index contributed by atoms with van der Waals surface area (Å²) in [4.78, 5) is 24.5. The molecule has 1 aromatic carbocycles. The van der Waals surface area contributed by atoms with Crippen LogP contribution < -0.4 is 5.73 Å². The van der Waals surface area contributed by atoms with Gasteiger partial charge in [-0.1, -0.05) is 24.3 Å². The maximum atomic E-state index is 12.4. The topological polar surface area (TPSA) is 87.2 Å². The van der Waals surface area contributed by atoms with Gasteiger partial charge >= 0.3 is 5.97 Å². The van der Waals surface area contributed by atoms with E-state index in [9.17, 15) is 9.59 Å². The predicted molar refractivity (Wildman–Crippen MR) is 90.9 cm³/mol. The van der Waals surface area contributed by atoms with Gasteiger partial charge in [0, 0.05) is 6.07 Å². The minimum atomic E-state index is -1.01. The van der Waals surface area contributed by atoms with E-state index in [1.54, 1.807) is 6.07 Å². The van der Waals surface area contributed by atoms with Crippen LogP contribution in [0.2, 0.25) is 0 Å². The van der Waals surface area contributed by atoms with E-state index in [-0.39, 0.29) is 5.69 Å². The summed E-state index contributed by atoms with van der Waals surface area (Å²) in [6.45, 7) is 1.43. The molecule has 0 bridgehead atoms. The number of nitrogens with two attached hydrogens (primary N) is 1. The summed E-state index contributed by atoms with van der Waals surface area (Å²) in [7, 11) is 0. The van der Waals surface area contributed by atoms with Gasteiger partial charge in [-0.2, -0.15) is 5.10 Å². The molecule has 6 nitrogen and oxygen atoms in total. The highest BCUT2D eigenvalue weighted by molar-refractivity contribution is 7.13. The van der Waals surface area contributed by atoms with E-state index in [4.69, 9.17) is 10.5 Å². The first-order chi connectivity index (χ1) is 11.6. The van der Waals surface area contributed by atoms with Crippen molar-refractivity contribution in [2.45, 2.75) is 13.0 Å². The van der Waals surface area contributed by atoms with E-state index in [0.29, 0.717) is 5.69 Å². The third-order valence-corrected chi connectivity index (χ3v) is 4.27. The number of benzene rings is 1. The molecule has 122 valence electrons. The number of hydrogen-bond donors (Lipinski definition) is 1. The van der Waals surface area contributed by atoms with Crippen LogP contribution in [-0.4, -0.2) is 27.8 Å². The van der Waals surface area contributed by atoms with E-state index in [0.717, 1.165) is 10.6 Å². The molecule has 24 heavy (non-hydrogen) atoms. The number of amides is 1. The van der Waals surface area contributed by atoms with Crippen LogP contribution in [0.25, 0.3) is 16.3 Å². The Bertz CT molecular complexity index is 857. The lowest BCUT2D eigenvalue weighted by Gasteiger charge is -2.10. The van der Waals surface area contributed by atoms with E-state index in [1.807, 2.05) is 47.8 Å². The zero-order valence-corrected chi connectivity index (χ0v) is 13.7. The minimum Gasteiger partial charge on any atom is -0.448 e. The number of esters is 1. The van der Waals surface area contributed by atoms with Gasteiger partial charge < -0.3 is 10.5 Å². The molecule has 0 aliphatic heterocycles. The Morgan fingerprint density at radius 1 is 1.21 bits per heavy atom. The summed E-state index contributed by atoms with van der Waals surface area (Å²) in [5, 5.41) is 6.44. The van der Waals surface area contributed by atoms with Crippen LogP contribution in [0.4, 0.5) is 0 Å². The predicted octanol–water partition coefficient (Wildman–Crippen LogP) is 2.63. The van der Waals surface area contributed by atoms with Crippen molar-refractivity contribution < 1.29 is 14.3 Å². The molecule has 3 rings (SSSR count). The molecule has 0 spiro atoms. The lowest BCUT2D eigenvalue weighted by Crippen LogP contribution is -2.31. The van der Waals surface area contributed by atoms with Crippen LogP contribution in [0.5, 0.6) is 0 Å². The molecule has 0 fully saturated rings. The lowest BCUT2D eigenvalue weighted by atomic mass is 10.3. The van der Waals surface area contributed by atoms with Crippen LogP contribution in [0.1, 0.15) is 17.4 Å². The highest BCUT2D eigenvalue weighted by Crippen LogP contribution is 2.26. The van der Waals surface area contributed by atoms with Crippen LogP contribution in [0, 0.1) is 0 Å². The van der Waals surface area contributed by atoms with Crippen molar-refractivity contribution in [3.63, 3.8) is 0 Å². The minimum absolute atomic E-state index is 0.234. The van der Waals surface area contributed by atoms with Gasteiger partial charge in [0.15, 0.2) is 11.8 Å². The maximum Gasteiger partial charge on any atom is 0.357 e. The molecule has 3 aromatic rings. The standard InChI is InChI=1S/C17H15N3O3S/c1-11(16(18)21)23-17(22)14-10-13(15-8-5-9-24-15)19-20(14)12-6-3-2-4-7-12/h2-11H,1H3,(H2,18,21)/t11-/m1/s1. The second-order valence-electron chi connectivity index (χ2n) is 5.09. The maximum absolute atomic E-state index is 12.4. The van der Waals surface area contributed by atoms with Crippen LogP contribution in [0.15, 0.2) is 53.9 Å². The first-order valence-electron chi connectivity index (χ1n) is 7.26. The highest BCUT2D eigenvalue weighted by atomic mass is 32.1. The largest absolute Gasteiger partial charge is 0.448 e. The smallest absolute Gasteiger partial charge is 0.357 e. The number of hydrogen-bond acceptors (Lipinski definition) is 5. The Hall–Kier alpha value is -2.93. The molecular formula is C17H15N3O3S. The first-order valence-corrected chi connectivity index (χ1v) is 8.14. The number of carbonyl (C=O) groups excluding carboxylic acids is 2. The number of thiophene rings is 1. The molecule has 2 heterocycles. The summed E-state index contributed by atoms with van der Waals surface area (Å²) >= 11 is 1.52. The number of aromatic nitrogens is 2. The second-order valence-corrected chi connectivity index (χ2v) is 6.04. The second kappa shape index (κ2) is 6.67. The Labute approximate surface area is 142 Å². The SMILES string of the molecule is C[C@@H](OC(=O)c1cc(-c2cccs2)nn1-c1ccccc1)C(N)=O. The average molecular weight is 341 g/mol. The average Bonchev–Trinajstić information content (AvgIpc) is 3.24. The van der Waals surface area contributed by atoms with E-state index in [2.05, 4.69) is 5.10 Å². The number of carbonyl (C=O) groups is 2. The number of primary amides is 1. The van der Waals surface area contributed by atoms with Gasteiger partial charge in [0.2, 0.25) is 0 Å². The Balaban J connectivity index is 2.03. The van der Waals surface area contributed by atoms with Gasteiger partial charge in [0.25, 0.3) is 5.91 Å². The molecule has 7 heteroatoms. The summed E-state index contributed by atoms with van der Waals surface area (Å²) in [5.41, 5.74) is 6.77. The molecule has 1 atom stereocenters. The number of ether oxygens (including phenoxy) is 1. The monoisotopic (exact) mass is 341 g/mol. The number of rotatable bonds is 5. The molecule has 0 saturated heterocycles. The molecule has 0 saturated carbocycles. The zero-order chi connectivity index (χ0) is 17.1. The summed E-state index contributed by atoms with van der Waals surface area (Å²) in [5.74, 6) is -1.35. The third kappa shape index (κ3) is 3.21. The molecule has 0 aliphatic rings. The summed E-state index contributed by atoms with van der Waals surface area (Å²) < 4.78 is 6.62. The van der Waals surface area contributed by atoms with Gasteiger partial charge in [-0.3, -0.25) is 4.79 Å². The third-order valence-electron chi connectivity index (χ3n) is 3.38. The van der Waals surface area contributed by atoms with E-state index < -0.39 is 18.0 Å². The summed E-state index contributed by atoms with van der Waals surface area (Å²) in [6.07, 6.45) is -1.01. The molecular weight excluding hydrogens is 326 g/mol. The van der Waals surface area contributed by atoms with Crippen LogP contribution in [0.3, 0.4) is 0 Å². The Kier molecular flexibility index (Phi) is 4.43. The number of para-hydroxylation sites is 1. The highest BCUT2D eigenvalue weighted by Gasteiger charge is 2.22. The zero-order valence-electron chi connectivity index (χ0n) is 12.9. The van der Waals surface area contributed by atoms with Gasteiger partial charge in [-0.15, -0.1) is 11.3 Å². The Morgan fingerprint density at radius 2 is 1.96 bits per heavy atom.